The van der Waals surface area contributed by atoms with Gasteiger partial charge in [-0.1, -0.05) is 48.5 Å². The van der Waals surface area contributed by atoms with E-state index in [2.05, 4.69) is 0 Å². The summed E-state index contributed by atoms with van der Waals surface area (Å²) in [7, 11) is 0. The van der Waals surface area contributed by atoms with Crippen molar-refractivity contribution in [2.75, 3.05) is 5.06 Å². The van der Waals surface area contributed by atoms with Crippen molar-refractivity contribution in [3.05, 3.63) is 78.1 Å². The second-order valence-electron chi connectivity index (χ2n) is 5.77. The lowest BCUT2D eigenvalue weighted by molar-refractivity contribution is 0.0699. The predicted octanol–water partition coefficient (Wildman–Crippen LogP) is 3.36. The van der Waals surface area contributed by atoms with Crippen molar-refractivity contribution in [1.29, 1.82) is 0 Å². The molecule has 2 heterocycles. The minimum Gasteiger partial charge on any atom is -0.489 e. The summed E-state index contributed by atoms with van der Waals surface area (Å²) in [6.07, 6.45) is 1.38. The Bertz CT molecular complexity index is 742. The summed E-state index contributed by atoms with van der Waals surface area (Å²) in [5.74, 6) is 0.809. The van der Waals surface area contributed by atoms with E-state index in [1.54, 1.807) is 5.06 Å². The highest BCUT2D eigenvalue weighted by Gasteiger charge is 2.51. The van der Waals surface area contributed by atoms with Crippen LogP contribution in [0.25, 0.3) is 0 Å². The molecular formula is C19H17NO3. The van der Waals surface area contributed by atoms with Gasteiger partial charge in [0, 0.05) is 5.56 Å². The van der Waals surface area contributed by atoms with Crippen LogP contribution in [0, 0.1) is 0 Å². The molecule has 4 heteroatoms. The number of allylic oxidation sites excluding steroid dienone is 1. The van der Waals surface area contributed by atoms with E-state index in [1.165, 1.54) is 0 Å². The monoisotopic (exact) mass is 307 g/mol. The van der Waals surface area contributed by atoms with E-state index in [0.29, 0.717) is 5.56 Å². The van der Waals surface area contributed by atoms with Crippen LogP contribution in [0.2, 0.25) is 0 Å². The summed E-state index contributed by atoms with van der Waals surface area (Å²) < 4.78 is 5.87. The normalized spacial score (nSPS) is 25.7. The van der Waals surface area contributed by atoms with E-state index in [1.807, 2.05) is 73.7 Å². The van der Waals surface area contributed by atoms with Crippen LogP contribution in [-0.2, 0) is 9.57 Å². The molecule has 0 bridgehead atoms. The largest absolute Gasteiger partial charge is 0.489 e. The van der Waals surface area contributed by atoms with Crippen LogP contribution in [0.4, 0.5) is 5.69 Å². The number of carbonyl (C=O) groups is 1. The van der Waals surface area contributed by atoms with E-state index in [4.69, 9.17) is 9.57 Å². The number of hydrogen-bond acceptors (Lipinski definition) is 4. The summed E-state index contributed by atoms with van der Waals surface area (Å²) in [6.45, 7) is 1.89. The maximum absolute atomic E-state index is 13.1. The quantitative estimate of drug-likeness (QED) is 0.815. The standard InChI is InChI=1S/C19H17NO3/c1-13-12-16-19(22-13)17(18(21)14-8-4-2-5-9-14)20(23-16)15-10-6-3-7-11-15/h2-12,16-17,19H,1H3. The Morgan fingerprint density at radius 2 is 1.65 bits per heavy atom. The van der Waals surface area contributed by atoms with Gasteiger partial charge in [-0.3, -0.25) is 9.63 Å². The first-order valence-electron chi connectivity index (χ1n) is 7.69. The highest BCUT2D eigenvalue weighted by molar-refractivity contribution is 6.02. The van der Waals surface area contributed by atoms with Gasteiger partial charge in [-0.15, -0.1) is 0 Å². The highest BCUT2D eigenvalue weighted by Crippen LogP contribution is 2.37. The van der Waals surface area contributed by atoms with Crippen molar-refractivity contribution in [2.24, 2.45) is 0 Å². The lowest BCUT2D eigenvalue weighted by Gasteiger charge is -2.26. The molecule has 0 aromatic heterocycles. The number of ether oxygens (including phenoxy) is 1. The topological polar surface area (TPSA) is 38.8 Å². The van der Waals surface area contributed by atoms with E-state index < -0.39 is 6.04 Å². The minimum atomic E-state index is -0.501. The highest BCUT2D eigenvalue weighted by atomic mass is 16.7. The molecule has 2 aliphatic rings. The Hall–Kier alpha value is -2.59. The molecule has 0 spiro atoms. The van der Waals surface area contributed by atoms with E-state index >= 15 is 0 Å². The van der Waals surface area contributed by atoms with Gasteiger partial charge in [0.15, 0.2) is 17.9 Å². The van der Waals surface area contributed by atoms with Gasteiger partial charge < -0.3 is 4.74 Å². The number of para-hydroxylation sites is 1. The van der Waals surface area contributed by atoms with Gasteiger partial charge in [0.05, 0.1) is 11.4 Å². The first-order valence-corrected chi connectivity index (χ1v) is 7.69. The third-order valence-electron chi connectivity index (χ3n) is 4.18. The number of Topliss-reactive ketones (excluding diaryl/α,β-unsaturated/α-hetero) is 1. The fourth-order valence-electron chi connectivity index (χ4n) is 3.14. The predicted molar refractivity (Wildman–Crippen MR) is 87.0 cm³/mol. The van der Waals surface area contributed by atoms with Crippen molar-refractivity contribution >= 4 is 11.5 Å². The molecular weight excluding hydrogens is 290 g/mol. The molecule has 1 fully saturated rings. The molecule has 3 atom stereocenters. The van der Waals surface area contributed by atoms with E-state index in [0.717, 1.165) is 11.4 Å². The Labute approximate surface area is 134 Å². The third kappa shape index (κ3) is 2.41. The van der Waals surface area contributed by atoms with E-state index in [9.17, 15) is 4.79 Å². The van der Waals surface area contributed by atoms with Crippen LogP contribution >= 0.6 is 0 Å². The lowest BCUT2D eigenvalue weighted by Crippen LogP contribution is -2.43. The molecule has 2 aromatic rings. The average Bonchev–Trinajstić information content (AvgIpc) is 3.11. The smallest absolute Gasteiger partial charge is 0.191 e. The third-order valence-corrected chi connectivity index (χ3v) is 4.18. The van der Waals surface area contributed by atoms with Gasteiger partial charge in [0.2, 0.25) is 0 Å². The zero-order valence-electron chi connectivity index (χ0n) is 12.8. The van der Waals surface area contributed by atoms with Crippen molar-refractivity contribution in [1.82, 2.24) is 0 Å². The molecule has 2 aromatic carbocycles. The average molecular weight is 307 g/mol. The molecule has 0 saturated carbocycles. The zero-order chi connectivity index (χ0) is 15.8. The number of rotatable bonds is 3. The van der Waals surface area contributed by atoms with Crippen LogP contribution in [0.1, 0.15) is 17.3 Å². The minimum absolute atomic E-state index is 0.00468. The SMILES string of the molecule is CC1=CC2ON(c3ccccc3)C(C(=O)c3ccccc3)C2O1. The Balaban J connectivity index is 1.72. The lowest BCUT2D eigenvalue weighted by atomic mass is 9.97. The maximum atomic E-state index is 13.1. The van der Waals surface area contributed by atoms with Crippen LogP contribution in [-0.4, -0.2) is 24.0 Å². The van der Waals surface area contributed by atoms with Gasteiger partial charge in [-0.05, 0) is 25.1 Å². The molecule has 23 heavy (non-hydrogen) atoms. The van der Waals surface area contributed by atoms with Crippen LogP contribution < -0.4 is 5.06 Å². The molecule has 4 rings (SSSR count). The molecule has 3 unspecified atom stereocenters. The number of fused-ring (bicyclic) bond motifs is 1. The Kier molecular flexibility index (Phi) is 3.39. The molecule has 0 aliphatic carbocycles. The van der Waals surface area contributed by atoms with Crippen molar-refractivity contribution in [3.63, 3.8) is 0 Å². The fraction of sp³-hybridized carbons (Fsp3) is 0.211. The number of hydrogen-bond donors (Lipinski definition) is 0. The molecule has 1 saturated heterocycles. The number of ketones is 1. The molecule has 0 amide bonds. The van der Waals surface area contributed by atoms with Crippen LogP contribution in [0.3, 0.4) is 0 Å². The molecule has 4 nitrogen and oxygen atoms in total. The number of nitrogens with zero attached hydrogens (tertiary/aromatic N) is 1. The summed E-state index contributed by atoms with van der Waals surface area (Å²) in [5, 5.41) is 1.69. The van der Waals surface area contributed by atoms with Crippen molar-refractivity contribution in [3.8, 4) is 0 Å². The van der Waals surface area contributed by atoms with Crippen molar-refractivity contribution < 1.29 is 14.4 Å². The van der Waals surface area contributed by atoms with E-state index in [-0.39, 0.29) is 18.0 Å². The number of anilines is 1. The Morgan fingerprint density at radius 3 is 2.35 bits per heavy atom. The first kappa shape index (κ1) is 14.0. The second-order valence-corrected chi connectivity index (χ2v) is 5.77. The Morgan fingerprint density at radius 1 is 1.00 bits per heavy atom. The van der Waals surface area contributed by atoms with Gasteiger partial charge in [0.1, 0.15) is 6.10 Å². The number of carbonyl (C=O) groups excluding carboxylic acids is 1. The van der Waals surface area contributed by atoms with Gasteiger partial charge in [-0.25, -0.2) is 5.06 Å². The zero-order valence-corrected chi connectivity index (χ0v) is 12.8. The van der Waals surface area contributed by atoms with Crippen molar-refractivity contribution in [2.45, 2.75) is 25.2 Å². The molecule has 2 aliphatic heterocycles. The summed E-state index contributed by atoms with van der Waals surface area (Å²) in [4.78, 5) is 19.1. The summed E-state index contributed by atoms with van der Waals surface area (Å²) in [6, 6.07) is 18.5. The summed E-state index contributed by atoms with van der Waals surface area (Å²) >= 11 is 0. The first-order chi connectivity index (χ1) is 11.2. The van der Waals surface area contributed by atoms with Gasteiger partial charge in [-0.2, -0.15) is 0 Å². The molecule has 0 radical (unpaired) electrons. The van der Waals surface area contributed by atoms with Crippen LogP contribution in [0.5, 0.6) is 0 Å². The molecule has 116 valence electrons. The number of benzene rings is 2. The van der Waals surface area contributed by atoms with Crippen LogP contribution in [0.15, 0.2) is 72.5 Å². The maximum Gasteiger partial charge on any atom is 0.191 e. The second kappa shape index (κ2) is 5.56. The van der Waals surface area contributed by atoms with Gasteiger partial charge in [0.25, 0.3) is 0 Å². The van der Waals surface area contributed by atoms with Gasteiger partial charge >= 0.3 is 0 Å². The fourth-order valence-corrected chi connectivity index (χ4v) is 3.14. The number of hydroxylamine groups is 1. The molecule has 0 N–H and O–H groups in total. The summed E-state index contributed by atoms with van der Waals surface area (Å²) in [5.41, 5.74) is 1.52.